The lowest BCUT2D eigenvalue weighted by atomic mass is 9.97. The van der Waals surface area contributed by atoms with Crippen LogP contribution < -0.4 is 9.47 Å². The number of rotatable bonds is 18. The molecule has 0 N–H and O–H groups in total. The van der Waals surface area contributed by atoms with Crippen molar-refractivity contribution in [3.05, 3.63) is 189 Å². The summed E-state index contributed by atoms with van der Waals surface area (Å²) in [5, 5.41) is 0. The minimum absolute atomic E-state index is 0.0425. The van der Waals surface area contributed by atoms with Crippen LogP contribution in [0.25, 0.3) is 0 Å². The topological polar surface area (TPSA) is 64.6 Å². The largest absolute Gasteiger partial charge is 0.497 e. The van der Waals surface area contributed by atoms with Crippen LogP contribution in [0, 0.1) is 0 Å². The summed E-state index contributed by atoms with van der Waals surface area (Å²) >= 11 is 0.640. The molecule has 6 aromatic rings. The average Bonchev–Trinajstić information content (AvgIpc) is 3.66. The maximum Gasteiger partial charge on any atom is 0.425 e. The highest BCUT2D eigenvalue weighted by Crippen LogP contribution is 2.43. The standard InChI is InChI=1S/C47H45F3O7S/c1-51-38-24-22-33(23-25-38)26-41-39(27-42(58-41)47(48,49)50)56-46-45(55-31-37-20-12-5-13-21-37)44(54-30-36-18-10-4-11-19-36)43(53-29-35-16-8-3-9-17-35)40(57-46)32-52-28-34-14-6-2-7-15-34/h2-25,27,40,43-46H,26,28-32H2,1H3/t40-,43-,44+,45-,46-/m1/s1. The Balaban J connectivity index is 1.26. The second-order valence-electron chi connectivity index (χ2n) is 13.9. The van der Waals surface area contributed by atoms with Crippen LogP contribution in [-0.2, 0) is 62.7 Å². The maximum atomic E-state index is 14.4. The Bertz CT molecular complexity index is 2100. The molecule has 0 amide bonds. The number of halogens is 3. The van der Waals surface area contributed by atoms with Crippen LogP contribution in [0.1, 0.15) is 37.6 Å². The molecular formula is C47H45F3O7S. The van der Waals surface area contributed by atoms with Crippen molar-refractivity contribution in [1.82, 2.24) is 0 Å². The van der Waals surface area contributed by atoms with Gasteiger partial charge in [0.25, 0.3) is 0 Å². The third-order valence-corrected chi connectivity index (χ3v) is 10.8. The molecule has 0 spiro atoms. The number of benzene rings is 5. The van der Waals surface area contributed by atoms with E-state index in [0.717, 1.165) is 33.9 Å². The van der Waals surface area contributed by atoms with Crippen molar-refractivity contribution >= 4 is 11.3 Å². The predicted molar refractivity (Wildman–Crippen MR) is 216 cm³/mol. The van der Waals surface area contributed by atoms with E-state index in [1.165, 1.54) is 0 Å². The molecule has 1 fully saturated rings. The fourth-order valence-electron chi connectivity index (χ4n) is 6.67. The Morgan fingerprint density at radius 3 is 1.55 bits per heavy atom. The van der Waals surface area contributed by atoms with Gasteiger partial charge in [0.2, 0.25) is 6.29 Å². The van der Waals surface area contributed by atoms with E-state index < -0.39 is 41.8 Å². The first-order valence-corrected chi connectivity index (χ1v) is 19.9. The highest BCUT2D eigenvalue weighted by atomic mass is 32.1. The van der Waals surface area contributed by atoms with Crippen LogP contribution in [0.2, 0.25) is 0 Å². The smallest absolute Gasteiger partial charge is 0.425 e. The van der Waals surface area contributed by atoms with E-state index in [9.17, 15) is 13.2 Å². The van der Waals surface area contributed by atoms with Crippen LogP contribution in [0.4, 0.5) is 13.2 Å². The molecule has 1 aromatic heterocycles. The summed E-state index contributed by atoms with van der Waals surface area (Å²) in [7, 11) is 1.56. The van der Waals surface area contributed by atoms with Gasteiger partial charge >= 0.3 is 6.18 Å². The van der Waals surface area contributed by atoms with Crippen LogP contribution in [-0.4, -0.2) is 44.4 Å². The van der Waals surface area contributed by atoms with Crippen LogP contribution in [0.15, 0.2) is 152 Å². The molecular weight excluding hydrogens is 766 g/mol. The zero-order valence-electron chi connectivity index (χ0n) is 32.0. The minimum Gasteiger partial charge on any atom is -0.497 e. The van der Waals surface area contributed by atoms with E-state index in [2.05, 4.69) is 0 Å². The highest BCUT2D eigenvalue weighted by molar-refractivity contribution is 7.12. The summed E-state index contributed by atoms with van der Waals surface area (Å²) in [6.07, 6.45) is -8.93. The van der Waals surface area contributed by atoms with E-state index >= 15 is 0 Å². The molecule has 0 unspecified atom stereocenters. The first kappa shape index (κ1) is 41.2. The monoisotopic (exact) mass is 810 g/mol. The lowest BCUT2D eigenvalue weighted by Crippen LogP contribution is -2.62. The molecule has 7 nitrogen and oxygen atoms in total. The van der Waals surface area contributed by atoms with Crippen molar-refractivity contribution in [2.24, 2.45) is 0 Å². The molecule has 7 rings (SSSR count). The maximum absolute atomic E-state index is 14.4. The zero-order chi connectivity index (χ0) is 40.2. The van der Waals surface area contributed by atoms with E-state index in [-0.39, 0.29) is 38.6 Å². The molecule has 0 bridgehead atoms. The Kier molecular flexibility index (Phi) is 14.3. The van der Waals surface area contributed by atoms with Gasteiger partial charge in [-0.3, -0.25) is 0 Å². The molecule has 0 aliphatic carbocycles. The Labute approximate surface area is 340 Å². The third kappa shape index (κ3) is 11.3. The molecule has 302 valence electrons. The molecule has 2 heterocycles. The first-order valence-electron chi connectivity index (χ1n) is 19.1. The van der Waals surface area contributed by atoms with E-state index in [0.29, 0.717) is 28.6 Å². The molecule has 11 heteroatoms. The number of alkyl halides is 3. The fourth-order valence-corrected chi connectivity index (χ4v) is 7.66. The van der Waals surface area contributed by atoms with Crippen molar-refractivity contribution in [3.8, 4) is 11.5 Å². The van der Waals surface area contributed by atoms with Crippen molar-refractivity contribution in [2.45, 2.75) is 69.7 Å². The van der Waals surface area contributed by atoms with Gasteiger partial charge < -0.3 is 33.2 Å². The Morgan fingerprint density at radius 1 is 0.569 bits per heavy atom. The minimum atomic E-state index is -4.59. The van der Waals surface area contributed by atoms with Gasteiger partial charge in [-0.15, -0.1) is 11.3 Å². The Hall–Kier alpha value is -5.01. The molecule has 1 aliphatic rings. The summed E-state index contributed by atoms with van der Waals surface area (Å²) in [5.74, 6) is 0.684. The number of hydrogen-bond donors (Lipinski definition) is 0. The third-order valence-electron chi connectivity index (χ3n) is 9.66. The molecule has 1 saturated heterocycles. The fraction of sp³-hybridized carbons (Fsp3) is 0.277. The van der Waals surface area contributed by atoms with Crippen molar-refractivity contribution in [2.75, 3.05) is 13.7 Å². The van der Waals surface area contributed by atoms with Gasteiger partial charge in [-0.1, -0.05) is 133 Å². The van der Waals surface area contributed by atoms with Gasteiger partial charge in [0.05, 0.1) is 45.0 Å². The van der Waals surface area contributed by atoms with Crippen molar-refractivity contribution < 1.29 is 46.3 Å². The van der Waals surface area contributed by atoms with Crippen LogP contribution >= 0.6 is 11.3 Å². The summed E-state index contributed by atoms with van der Waals surface area (Å²) < 4.78 is 88.2. The quantitative estimate of drug-likeness (QED) is 0.0857. The van der Waals surface area contributed by atoms with Crippen LogP contribution in [0.3, 0.4) is 0 Å². The summed E-state index contributed by atoms with van der Waals surface area (Å²) in [6.45, 7) is 0.952. The van der Waals surface area contributed by atoms with E-state index in [4.69, 9.17) is 33.2 Å². The second kappa shape index (κ2) is 20.1. The first-order chi connectivity index (χ1) is 28.3. The zero-order valence-corrected chi connectivity index (χ0v) is 32.8. The van der Waals surface area contributed by atoms with Gasteiger partial charge in [-0.05, 0) is 39.9 Å². The number of ether oxygens (including phenoxy) is 7. The lowest BCUT2D eigenvalue weighted by molar-refractivity contribution is -0.310. The summed E-state index contributed by atoms with van der Waals surface area (Å²) in [4.78, 5) is -0.406. The van der Waals surface area contributed by atoms with Gasteiger partial charge in [0, 0.05) is 12.5 Å². The second-order valence-corrected chi connectivity index (χ2v) is 15.0. The van der Waals surface area contributed by atoms with E-state index in [1.54, 1.807) is 19.2 Å². The SMILES string of the molecule is COc1ccc(Cc2sc(C(F)(F)F)cc2O[C@@H]2O[C@H](COCc3ccccc3)[C@@H](OCc3ccccc3)[C@H](OCc3ccccc3)[C@H]2OCc2ccccc2)cc1. The number of methoxy groups -OCH3 is 1. The summed E-state index contributed by atoms with van der Waals surface area (Å²) in [6, 6.07) is 47.1. The van der Waals surface area contributed by atoms with Gasteiger partial charge in [0.15, 0.2) is 0 Å². The van der Waals surface area contributed by atoms with Gasteiger partial charge in [-0.25, -0.2) is 0 Å². The molecule has 58 heavy (non-hydrogen) atoms. The molecule has 5 atom stereocenters. The molecule has 0 saturated carbocycles. The molecule has 5 aromatic carbocycles. The average molecular weight is 811 g/mol. The normalized spacial score (nSPS) is 19.5. The van der Waals surface area contributed by atoms with Gasteiger partial charge in [0.1, 0.15) is 40.8 Å². The van der Waals surface area contributed by atoms with Crippen LogP contribution in [0.5, 0.6) is 11.5 Å². The molecule has 0 radical (unpaired) electrons. The molecule has 1 aliphatic heterocycles. The van der Waals surface area contributed by atoms with Gasteiger partial charge in [-0.2, -0.15) is 13.2 Å². The number of thiophene rings is 1. The van der Waals surface area contributed by atoms with Crippen molar-refractivity contribution in [1.29, 1.82) is 0 Å². The predicted octanol–water partition coefficient (Wildman–Crippen LogP) is 10.4. The lowest BCUT2D eigenvalue weighted by Gasteiger charge is -2.45. The van der Waals surface area contributed by atoms with Crippen molar-refractivity contribution in [3.63, 3.8) is 0 Å². The summed E-state index contributed by atoms with van der Waals surface area (Å²) in [5.41, 5.74) is 4.49. The van der Waals surface area contributed by atoms with E-state index in [1.807, 2.05) is 133 Å². The Morgan fingerprint density at radius 2 is 1.05 bits per heavy atom. The number of hydrogen-bond acceptors (Lipinski definition) is 8. The highest BCUT2D eigenvalue weighted by Gasteiger charge is 2.50.